The van der Waals surface area contributed by atoms with Crippen molar-refractivity contribution in [1.29, 1.82) is 0 Å². The van der Waals surface area contributed by atoms with E-state index in [0.717, 1.165) is 17.5 Å². The predicted molar refractivity (Wildman–Crippen MR) is 120 cm³/mol. The van der Waals surface area contributed by atoms with Crippen LogP contribution in [-0.4, -0.2) is 23.5 Å². The summed E-state index contributed by atoms with van der Waals surface area (Å²) in [5, 5.41) is 10.9. The van der Waals surface area contributed by atoms with Crippen LogP contribution in [0.3, 0.4) is 0 Å². The minimum Gasteiger partial charge on any atom is -0.492 e. The molecule has 0 spiro atoms. The van der Waals surface area contributed by atoms with Crippen molar-refractivity contribution in [2.24, 2.45) is 5.41 Å². The molecule has 174 valence electrons. The second-order valence-electron chi connectivity index (χ2n) is 8.57. The van der Waals surface area contributed by atoms with Crippen LogP contribution >= 0.6 is 0 Å². The monoisotopic (exact) mass is 458 g/mol. The molecule has 3 aromatic carbocycles. The van der Waals surface area contributed by atoms with E-state index in [-0.39, 0.29) is 31.7 Å². The largest absolute Gasteiger partial charge is 0.492 e. The van der Waals surface area contributed by atoms with Crippen LogP contribution in [0.25, 0.3) is 10.8 Å². The van der Waals surface area contributed by atoms with E-state index in [1.807, 2.05) is 24.3 Å². The average molecular weight is 458 g/mol. The third kappa shape index (κ3) is 5.92. The Kier molecular flexibility index (Phi) is 7.10. The number of carboxylic acid groups (broad SMARTS) is 1. The third-order valence-corrected chi connectivity index (χ3v) is 5.63. The Hall–Kier alpha value is -3.35. The molecule has 0 aliphatic carbocycles. The maximum atomic E-state index is 13.0. The first-order valence-corrected chi connectivity index (χ1v) is 10.6. The minimum absolute atomic E-state index is 0.0294. The molecule has 7 heteroatoms. The third-order valence-electron chi connectivity index (χ3n) is 5.63. The molecule has 0 unspecified atom stereocenters. The van der Waals surface area contributed by atoms with Gasteiger partial charge in [0.25, 0.3) is 0 Å². The fraction of sp³-hybridized carbons (Fsp3) is 0.308. The van der Waals surface area contributed by atoms with E-state index >= 15 is 0 Å². The Morgan fingerprint density at radius 2 is 1.70 bits per heavy atom. The smallest absolute Gasteiger partial charge is 0.416 e. The highest BCUT2D eigenvalue weighted by Gasteiger charge is 2.30. The van der Waals surface area contributed by atoms with Crippen molar-refractivity contribution in [2.75, 3.05) is 6.61 Å². The number of Topliss-reactive ketones (excluding diaryl/α,β-unsaturated/α-hetero) is 1. The predicted octanol–water partition coefficient (Wildman–Crippen LogP) is 6.55. The fourth-order valence-corrected chi connectivity index (χ4v) is 3.46. The Morgan fingerprint density at radius 3 is 2.39 bits per heavy atom. The molecule has 33 heavy (non-hydrogen) atoms. The van der Waals surface area contributed by atoms with Gasteiger partial charge in [0.1, 0.15) is 5.75 Å². The van der Waals surface area contributed by atoms with Crippen molar-refractivity contribution in [1.82, 2.24) is 0 Å². The van der Waals surface area contributed by atoms with Crippen LogP contribution in [0, 0.1) is 5.41 Å². The van der Waals surface area contributed by atoms with Gasteiger partial charge < -0.3 is 9.84 Å². The van der Waals surface area contributed by atoms with Crippen molar-refractivity contribution in [3.63, 3.8) is 0 Å². The van der Waals surface area contributed by atoms with Gasteiger partial charge in [0.05, 0.1) is 23.1 Å². The molecule has 0 saturated heterocycles. The summed E-state index contributed by atoms with van der Waals surface area (Å²) >= 11 is 0. The summed E-state index contributed by atoms with van der Waals surface area (Å²) in [6, 6.07) is 15.9. The van der Waals surface area contributed by atoms with Crippen LogP contribution in [0.15, 0.2) is 60.7 Å². The molecule has 4 nitrogen and oxygen atoms in total. The number of ether oxygens (including phenoxy) is 1. The van der Waals surface area contributed by atoms with E-state index in [9.17, 15) is 27.9 Å². The number of carbonyl (C=O) groups is 2. The van der Waals surface area contributed by atoms with Crippen LogP contribution in [0.2, 0.25) is 0 Å². The number of aliphatic carboxylic acids is 1. The van der Waals surface area contributed by atoms with Gasteiger partial charge in [-0.3, -0.25) is 9.59 Å². The molecular weight excluding hydrogens is 433 g/mol. The number of hydrogen-bond acceptors (Lipinski definition) is 3. The lowest BCUT2D eigenvalue weighted by Gasteiger charge is -2.19. The molecule has 3 rings (SSSR count). The molecule has 0 aromatic heterocycles. The summed E-state index contributed by atoms with van der Waals surface area (Å²) in [5.41, 5.74) is -0.959. The van der Waals surface area contributed by atoms with E-state index in [1.165, 1.54) is 6.07 Å². The second-order valence-corrected chi connectivity index (χ2v) is 8.57. The summed E-state index contributed by atoms with van der Waals surface area (Å²) < 4.78 is 44.9. The number of benzene rings is 3. The summed E-state index contributed by atoms with van der Waals surface area (Å²) in [6.45, 7) is 3.21. The molecule has 0 aliphatic heterocycles. The second kappa shape index (κ2) is 9.65. The van der Waals surface area contributed by atoms with Gasteiger partial charge in [-0.2, -0.15) is 13.2 Å². The number of halogens is 3. The van der Waals surface area contributed by atoms with E-state index in [4.69, 9.17) is 4.74 Å². The average Bonchev–Trinajstić information content (AvgIpc) is 2.77. The molecule has 1 N–H and O–H groups in total. The summed E-state index contributed by atoms with van der Waals surface area (Å²) in [4.78, 5) is 24.3. The van der Waals surface area contributed by atoms with Crippen molar-refractivity contribution in [3.8, 4) is 5.75 Å². The van der Waals surface area contributed by atoms with Crippen LogP contribution < -0.4 is 4.74 Å². The SMILES string of the molecule is CC(C)(CCC(=O)c1ccc2ccccc2c1OCCc1cccc(C(F)(F)F)c1)C(=O)O. The molecule has 0 radical (unpaired) electrons. The molecular formula is C26H25F3O4. The Morgan fingerprint density at radius 1 is 0.970 bits per heavy atom. The fourth-order valence-electron chi connectivity index (χ4n) is 3.46. The van der Waals surface area contributed by atoms with Gasteiger partial charge in [0, 0.05) is 18.2 Å². The van der Waals surface area contributed by atoms with Crippen molar-refractivity contribution in [3.05, 3.63) is 77.4 Å². The topological polar surface area (TPSA) is 63.6 Å². The van der Waals surface area contributed by atoms with E-state index in [0.29, 0.717) is 22.3 Å². The van der Waals surface area contributed by atoms with Gasteiger partial charge in [0.15, 0.2) is 5.78 Å². The van der Waals surface area contributed by atoms with E-state index < -0.39 is 23.1 Å². The molecule has 3 aromatic rings. The number of carboxylic acids is 1. The van der Waals surface area contributed by atoms with Crippen LogP contribution in [0.1, 0.15) is 48.2 Å². The molecule has 0 atom stereocenters. The van der Waals surface area contributed by atoms with E-state index in [1.54, 1.807) is 32.0 Å². The van der Waals surface area contributed by atoms with Gasteiger partial charge in [-0.1, -0.05) is 48.5 Å². The normalized spacial score (nSPS) is 12.0. The van der Waals surface area contributed by atoms with E-state index in [2.05, 4.69) is 0 Å². The zero-order chi connectivity index (χ0) is 24.2. The molecule has 0 amide bonds. The van der Waals surface area contributed by atoms with Crippen molar-refractivity contribution in [2.45, 2.75) is 39.3 Å². The summed E-state index contributed by atoms with van der Waals surface area (Å²) in [6.07, 6.45) is -4.00. The lowest BCUT2D eigenvalue weighted by atomic mass is 9.86. The minimum atomic E-state index is -4.42. The number of alkyl halides is 3. The number of carbonyl (C=O) groups excluding carboxylic acids is 1. The van der Waals surface area contributed by atoms with Gasteiger partial charge in [0.2, 0.25) is 0 Å². The van der Waals surface area contributed by atoms with Crippen molar-refractivity contribution >= 4 is 22.5 Å². The standard InChI is InChI=1S/C26H25F3O4/c1-25(2,24(31)32)14-12-22(30)21-11-10-18-7-3-4-9-20(18)23(21)33-15-13-17-6-5-8-19(16-17)26(27,28)29/h3-11,16H,12-15H2,1-2H3,(H,31,32). The highest BCUT2D eigenvalue weighted by molar-refractivity contribution is 6.05. The zero-order valence-electron chi connectivity index (χ0n) is 18.4. The van der Waals surface area contributed by atoms with Crippen molar-refractivity contribution < 1.29 is 32.6 Å². The first kappa shape index (κ1) is 24.3. The number of rotatable bonds is 9. The quantitative estimate of drug-likeness (QED) is 0.369. The molecule has 0 aliphatic rings. The number of hydrogen-bond donors (Lipinski definition) is 1. The zero-order valence-corrected chi connectivity index (χ0v) is 18.4. The van der Waals surface area contributed by atoms with Gasteiger partial charge in [-0.05, 0) is 43.4 Å². The van der Waals surface area contributed by atoms with Gasteiger partial charge in [-0.25, -0.2) is 0 Å². The molecule has 0 fully saturated rings. The highest BCUT2D eigenvalue weighted by Crippen LogP contribution is 2.33. The van der Waals surface area contributed by atoms with Crippen LogP contribution in [0.5, 0.6) is 5.75 Å². The summed E-state index contributed by atoms with van der Waals surface area (Å²) in [5.74, 6) is -0.867. The lowest BCUT2D eigenvalue weighted by molar-refractivity contribution is -0.147. The Balaban J connectivity index is 1.82. The van der Waals surface area contributed by atoms with Crippen LogP contribution in [-0.2, 0) is 17.4 Å². The van der Waals surface area contributed by atoms with Crippen LogP contribution in [0.4, 0.5) is 13.2 Å². The number of fused-ring (bicyclic) bond motifs is 1. The maximum Gasteiger partial charge on any atom is 0.416 e. The highest BCUT2D eigenvalue weighted by atomic mass is 19.4. The van der Waals surface area contributed by atoms with Gasteiger partial charge >= 0.3 is 12.1 Å². The Bertz CT molecular complexity index is 1170. The summed E-state index contributed by atoms with van der Waals surface area (Å²) in [7, 11) is 0. The Labute approximate surface area is 190 Å². The molecule has 0 saturated carbocycles. The van der Waals surface area contributed by atoms with Gasteiger partial charge in [-0.15, -0.1) is 0 Å². The molecule has 0 bridgehead atoms. The number of ketones is 1. The lowest BCUT2D eigenvalue weighted by Crippen LogP contribution is -2.24. The first-order chi connectivity index (χ1) is 15.5. The molecule has 0 heterocycles. The first-order valence-electron chi connectivity index (χ1n) is 10.6. The maximum absolute atomic E-state index is 13.0.